The lowest BCUT2D eigenvalue weighted by Crippen LogP contribution is -2.45. The number of sulfone groups is 1. The van der Waals surface area contributed by atoms with Crippen LogP contribution < -0.4 is 0 Å². The standard InChI is InChI=1S/C9H11NO6S/c1-17(15,16)5-4-6(9(13)14)10-7(11)2-3-8(10)12/h2-3,6H,4-5H2,1H3,(H,13,14)/t6-/m0/s1. The quantitative estimate of drug-likeness (QED) is 0.622. The second-order valence-corrected chi connectivity index (χ2v) is 5.91. The second-order valence-electron chi connectivity index (χ2n) is 3.65. The van der Waals surface area contributed by atoms with E-state index in [0.717, 1.165) is 18.4 Å². The van der Waals surface area contributed by atoms with Gasteiger partial charge in [-0.1, -0.05) is 0 Å². The summed E-state index contributed by atoms with van der Waals surface area (Å²) in [5.41, 5.74) is 0. The van der Waals surface area contributed by atoms with Crippen LogP contribution in [0.15, 0.2) is 12.2 Å². The van der Waals surface area contributed by atoms with Crippen LogP contribution in [0.3, 0.4) is 0 Å². The number of aliphatic carboxylic acids is 1. The van der Waals surface area contributed by atoms with E-state index in [1.54, 1.807) is 0 Å². The van der Waals surface area contributed by atoms with Gasteiger partial charge in [-0.05, 0) is 6.42 Å². The highest BCUT2D eigenvalue weighted by molar-refractivity contribution is 7.90. The maximum atomic E-state index is 11.3. The summed E-state index contributed by atoms with van der Waals surface area (Å²) in [4.78, 5) is 34.0. The van der Waals surface area contributed by atoms with Crippen LogP contribution >= 0.6 is 0 Å². The van der Waals surface area contributed by atoms with Crippen LogP contribution in [-0.4, -0.2) is 54.3 Å². The molecule has 0 aromatic carbocycles. The van der Waals surface area contributed by atoms with Crippen LogP contribution in [-0.2, 0) is 24.2 Å². The van der Waals surface area contributed by atoms with Crippen molar-refractivity contribution < 1.29 is 27.9 Å². The number of nitrogens with zero attached hydrogens (tertiary/aromatic N) is 1. The van der Waals surface area contributed by atoms with Gasteiger partial charge >= 0.3 is 5.97 Å². The predicted octanol–water partition coefficient (Wildman–Crippen LogP) is -1.20. The van der Waals surface area contributed by atoms with Gasteiger partial charge in [-0.2, -0.15) is 0 Å². The minimum Gasteiger partial charge on any atom is -0.480 e. The number of rotatable bonds is 5. The van der Waals surface area contributed by atoms with Gasteiger partial charge < -0.3 is 5.11 Å². The molecule has 0 spiro atoms. The molecule has 0 radical (unpaired) electrons. The van der Waals surface area contributed by atoms with Gasteiger partial charge in [0.1, 0.15) is 15.9 Å². The molecule has 0 aliphatic carbocycles. The van der Waals surface area contributed by atoms with Gasteiger partial charge in [-0.15, -0.1) is 0 Å². The third-order valence-corrected chi connectivity index (χ3v) is 3.18. The van der Waals surface area contributed by atoms with Gasteiger partial charge in [-0.25, -0.2) is 13.2 Å². The zero-order valence-corrected chi connectivity index (χ0v) is 9.81. The predicted molar refractivity (Wildman–Crippen MR) is 56.7 cm³/mol. The Bertz CT molecular complexity index is 474. The van der Waals surface area contributed by atoms with Crippen LogP contribution in [0.5, 0.6) is 0 Å². The molecule has 8 heteroatoms. The Hall–Kier alpha value is -1.70. The Labute approximate surface area is 97.6 Å². The van der Waals surface area contributed by atoms with E-state index in [1.165, 1.54) is 0 Å². The average Bonchev–Trinajstić information content (AvgIpc) is 2.47. The minimum atomic E-state index is -3.35. The van der Waals surface area contributed by atoms with Crippen LogP contribution in [0.2, 0.25) is 0 Å². The molecule has 1 N–H and O–H groups in total. The van der Waals surface area contributed by atoms with Crippen molar-refractivity contribution in [2.75, 3.05) is 12.0 Å². The second kappa shape index (κ2) is 4.66. The van der Waals surface area contributed by atoms with E-state index in [0.29, 0.717) is 4.90 Å². The molecule has 2 amide bonds. The summed E-state index contributed by atoms with van der Waals surface area (Å²) in [5.74, 6) is -3.29. The summed E-state index contributed by atoms with van der Waals surface area (Å²) in [5, 5.41) is 8.90. The number of carbonyl (C=O) groups excluding carboxylic acids is 2. The lowest BCUT2D eigenvalue weighted by molar-refractivity contribution is -0.153. The summed E-state index contributed by atoms with van der Waals surface area (Å²) in [6.45, 7) is 0. The molecule has 0 bridgehead atoms. The molecule has 0 aromatic rings. The number of carboxylic acid groups (broad SMARTS) is 1. The molecule has 1 aliphatic rings. The van der Waals surface area contributed by atoms with Crippen LogP contribution in [0, 0.1) is 0 Å². The molecule has 1 aliphatic heterocycles. The largest absolute Gasteiger partial charge is 0.480 e. The van der Waals surface area contributed by atoms with Crippen molar-refractivity contribution in [1.29, 1.82) is 0 Å². The zero-order chi connectivity index (χ0) is 13.2. The highest BCUT2D eigenvalue weighted by Gasteiger charge is 2.36. The van der Waals surface area contributed by atoms with E-state index in [1.807, 2.05) is 0 Å². The molecule has 0 unspecified atom stereocenters. The fourth-order valence-corrected chi connectivity index (χ4v) is 2.06. The third-order valence-electron chi connectivity index (χ3n) is 2.20. The molecule has 1 heterocycles. The number of hydrogen-bond acceptors (Lipinski definition) is 5. The van der Waals surface area contributed by atoms with Gasteiger partial charge in [0.2, 0.25) is 0 Å². The number of carbonyl (C=O) groups is 3. The van der Waals surface area contributed by atoms with E-state index < -0.39 is 39.4 Å². The van der Waals surface area contributed by atoms with Crippen LogP contribution in [0.1, 0.15) is 6.42 Å². The Morgan fingerprint density at radius 3 is 2.18 bits per heavy atom. The maximum Gasteiger partial charge on any atom is 0.326 e. The van der Waals surface area contributed by atoms with E-state index in [-0.39, 0.29) is 6.42 Å². The average molecular weight is 261 g/mol. The van der Waals surface area contributed by atoms with Crippen molar-refractivity contribution in [2.24, 2.45) is 0 Å². The van der Waals surface area contributed by atoms with E-state index in [9.17, 15) is 22.8 Å². The molecule has 1 rings (SSSR count). The molecule has 0 aromatic heterocycles. The van der Waals surface area contributed by atoms with Crippen molar-refractivity contribution in [3.63, 3.8) is 0 Å². The number of amides is 2. The summed E-state index contributed by atoms with van der Waals surface area (Å²) >= 11 is 0. The first-order chi connectivity index (χ1) is 7.72. The first kappa shape index (κ1) is 13.4. The monoisotopic (exact) mass is 261 g/mol. The molecular weight excluding hydrogens is 250 g/mol. The molecule has 0 saturated heterocycles. The number of imide groups is 1. The summed E-state index contributed by atoms with van der Waals surface area (Å²) in [6, 6.07) is -1.44. The SMILES string of the molecule is CS(=O)(=O)CC[C@@H](C(=O)O)N1C(=O)C=CC1=O. The van der Waals surface area contributed by atoms with Gasteiger partial charge in [0.25, 0.3) is 11.8 Å². The van der Waals surface area contributed by atoms with E-state index >= 15 is 0 Å². The van der Waals surface area contributed by atoms with Gasteiger partial charge in [0.05, 0.1) is 5.75 Å². The van der Waals surface area contributed by atoms with Crippen molar-refractivity contribution in [3.05, 3.63) is 12.2 Å². The summed E-state index contributed by atoms with van der Waals surface area (Å²) < 4.78 is 21.9. The van der Waals surface area contributed by atoms with Crippen molar-refractivity contribution in [3.8, 4) is 0 Å². The highest BCUT2D eigenvalue weighted by atomic mass is 32.2. The molecule has 17 heavy (non-hydrogen) atoms. The Morgan fingerprint density at radius 2 is 1.82 bits per heavy atom. The fourth-order valence-electron chi connectivity index (χ4n) is 1.41. The molecule has 94 valence electrons. The maximum absolute atomic E-state index is 11.3. The molecule has 7 nitrogen and oxygen atoms in total. The van der Waals surface area contributed by atoms with Crippen molar-refractivity contribution in [2.45, 2.75) is 12.5 Å². The Morgan fingerprint density at radius 1 is 1.35 bits per heavy atom. The fraction of sp³-hybridized carbons (Fsp3) is 0.444. The topological polar surface area (TPSA) is 109 Å². The van der Waals surface area contributed by atoms with Gasteiger partial charge in [-0.3, -0.25) is 14.5 Å². The molecule has 0 fully saturated rings. The number of hydrogen-bond donors (Lipinski definition) is 1. The summed E-state index contributed by atoms with van der Waals surface area (Å²) in [7, 11) is -3.35. The normalized spacial score (nSPS) is 17.6. The minimum absolute atomic E-state index is 0.312. The molecule has 0 saturated carbocycles. The Kier molecular flexibility index (Phi) is 3.66. The summed E-state index contributed by atoms with van der Waals surface area (Å²) in [6.07, 6.45) is 2.56. The van der Waals surface area contributed by atoms with Gasteiger partial charge in [0, 0.05) is 18.4 Å². The number of carboxylic acids is 1. The Balaban J connectivity index is 2.84. The molecular formula is C9H11NO6S. The van der Waals surface area contributed by atoms with Crippen LogP contribution in [0.4, 0.5) is 0 Å². The highest BCUT2D eigenvalue weighted by Crippen LogP contribution is 2.13. The lowest BCUT2D eigenvalue weighted by Gasteiger charge is -2.21. The van der Waals surface area contributed by atoms with Crippen LogP contribution in [0.25, 0.3) is 0 Å². The van der Waals surface area contributed by atoms with E-state index in [4.69, 9.17) is 5.11 Å². The zero-order valence-electron chi connectivity index (χ0n) is 8.99. The smallest absolute Gasteiger partial charge is 0.326 e. The van der Waals surface area contributed by atoms with Crippen molar-refractivity contribution in [1.82, 2.24) is 4.90 Å². The van der Waals surface area contributed by atoms with Gasteiger partial charge in [0.15, 0.2) is 0 Å². The lowest BCUT2D eigenvalue weighted by atomic mass is 10.2. The van der Waals surface area contributed by atoms with Crippen molar-refractivity contribution >= 4 is 27.6 Å². The first-order valence-electron chi connectivity index (χ1n) is 4.68. The first-order valence-corrected chi connectivity index (χ1v) is 6.74. The van der Waals surface area contributed by atoms with E-state index in [2.05, 4.69) is 0 Å². The molecule has 1 atom stereocenters. The third kappa shape index (κ3) is 3.38.